The molecule has 37 heavy (non-hydrogen) atoms. The molecule has 0 saturated heterocycles. The summed E-state index contributed by atoms with van der Waals surface area (Å²) in [5.74, 6) is 0. The SMILES string of the molecule is Cc1ccc(-c2ccc(-c3cc4sc(-c5ccc6c(c5)sc5c7ccccc7sc65)cc4s3)cc2)cc1. The smallest absolute Gasteiger partial charge is 0.0542 e. The second-order valence-electron chi connectivity index (χ2n) is 9.46. The van der Waals surface area contributed by atoms with E-state index in [9.17, 15) is 0 Å². The number of rotatable bonds is 3. The van der Waals surface area contributed by atoms with E-state index in [4.69, 9.17) is 0 Å². The zero-order valence-corrected chi connectivity index (χ0v) is 23.2. The molecule has 0 radical (unpaired) electrons. The molecule has 4 aromatic heterocycles. The van der Waals surface area contributed by atoms with Crippen LogP contribution in [0.3, 0.4) is 0 Å². The lowest BCUT2D eigenvalue weighted by molar-refractivity contribution is 1.47. The van der Waals surface area contributed by atoms with Crippen molar-refractivity contribution in [2.45, 2.75) is 6.92 Å². The lowest BCUT2D eigenvalue weighted by atomic mass is 10.0. The summed E-state index contributed by atoms with van der Waals surface area (Å²) in [5.41, 5.74) is 6.44. The number of thiophene rings is 4. The van der Waals surface area contributed by atoms with E-state index in [1.807, 2.05) is 45.3 Å². The second-order valence-corrected chi connectivity index (χ2v) is 13.7. The van der Waals surface area contributed by atoms with Crippen LogP contribution in [0.1, 0.15) is 5.56 Å². The van der Waals surface area contributed by atoms with Gasteiger partial charge in [-0.05, 0) is 53.4 Å². The Balaban J connectivity index is 1.12. The molecule has 4 aromatic carbocycles. The van der Waals surface area contributed by atoms with Crippen molar-refractivity contribution in [1.29, 1.82) is 0 Å². The van der Waals surface area contributed by atoms with Gasteiger partial charge in [0.05, 0.1) is 9.40 Å². The molecule has 8 aromatic rings. The molecule has 0 aliphatic carbocycles. The summed E-state index contributed by atoms with van der Waals surface area (Å²) in [7, 11) is 0. The third kappa shape index (κ3) is 3.59. The topological polar surface area (TPSA) is 0 Å². The quantitative estimate of drug-likeness (QED) is 0.207. The third-order valence-electron chi connectivity index (χ3n) is 7.03. The van der Waals surface area contributed by atoms with Gasteiger partial charge in [-0.1, -0.05) is 84.4 Å². The predicted octanol–water partition coefficient (Wildman–Crippen LogP) is 11.9. The minimum Gasteiger partial charge on any atom is -0.134 e. The maximum absolute atomic E-state index is 2.39. The van der Waals surface area contributed by atoms with Crippen LogP contribution in [0.5, 0.6) is 0 Å². The Morgan fingerprint density at radius 1 is 0.405 bits per heavy atom. The molecule has 176 valence electrons. The van der Waals surface area contributed by atoms with Crippen LogP contribution in [0.2, 0.25) is 0 Å². The van der Waals surface area contributed by atoms with Crippen molar-refractivity contribution < 1.29 is 0 Å². The van der Waals surface area contributed by atoms with E-state index in [1.165, 1.54) is 76.5 Å². The van der Waals surface area contributed by atoms with Crippen LogP contribution in [-0.4, -0.2) is 0 Å². The summed E-state index contributed by atoms with van der Waals surface area (Å²) < 4.78 is 8.37. The molecule has 8 rings (SSSR count). The molecule has 4 heteroatoms. The molecule has 0 fully saturated rings. The normalized spacial score (nSPS) is 11.9. The van der Waals surface area contributed by atoms with Crippen molar-refractivity contribution in [3.63, 3.8) is 0 Å². The second kappa shape index (κ2) is 8.37. The largest absolute Gasteiger partial charge is 0.134 e. The fourth-order valence-electron chi connectivity index (χ4n) is 5.05. The fourth-order valence-corrected chi connectivity index (χ4v) is 10.1. The number of hydrogen-bond donors (Lipinski definition) is 0. The Morgan fingerprint density at radius 3 is 1.68 bits per heavy atom. The fraction of sp³-hybridized carbons (Fsp3) is 0.0303. The third-order valence-corrected chi connectivity index (χ3v) is 11.9. The summed E-state index contributed by atoms with van der Waals surface area (Å²) in [6.45, 7) is 2.13. The van der Waals surface area contributed by atoms with Crippen LogP contribution in [0, 0.1) is 6.92 Å². The first-order chi connectivity index (χ1) is 18.2. The predicted molar refractivity (Wildman–Crippen MR) is 169 cm³/mol. The highest BCUT2D eigenvalue weighted by Gasteiger charge is 2.14. The van der Waals surface area contributed by atoms with E-state index in [1.54, 1.807) is 0 Å². The van der Waals surface area contributed by atoms with Crippen molar-refractivity contribution in [3.05, 3.63) is 109 Å². The lowest BCUT2D eigenvalue weighted by Crippen LogP contribution is -1.79. The Labute approximate surface area is 230 Å². The molecule has 0 bridgehead atoms. The first kappa shape index (κ1) is 21.8. The summed E-state index contributed by atoms with van der Waals surface area (Å²) in [6.07, 6.45) is 0. The number of fused-ring (bicyclic) bond motifs is 6. The number of aryl methyl sites for hydroxylation is 1. The van der Waals surface area contributed by atoms with Gasteiger partial charge in [-0.15, -0.1) is 45.3 Å². The molecule has 4 heterocycles. The molecule has 0 nitrogen and oxygen atoms in total. The Kier molecular flexibility index (Phi) is 4.92. The van der Waals surface area contributed by atoms with Gasteiger partial charge in [0.15, 0.2) is 0 Å². The number of hydrogen-bond acceptors (Lipinski definition) is 4. The molecule has 0 saturated carbocycles. The van der Waals surface area contributed by atoms with Gasteiger partial charge in [-0.2, -0.15) is 0 Å². The van der Waals surface area contributed by atoms with E-state index >= 15 is 0 Å². The monoisotopic (exact) mass is 544 g/mol. The first-order valence-electron chi connectivity index (χ1n) is 12.2. The molecule has 0 aliphatic heterocycles. The zero-order chi connectivity index (χ0) is 24.5. The van der Waals surface area contributed by atoms with E-state index in [0.717, 1.165) is 0 Å². The maximum Gasteiger partial charge on any atom is 0.0542 e. The highest BCUT2D eigenvalue weighted by atomic mass is 32.1. The minimum atomic E-state index is 1.27. The van der Waals surface area contributed by atoms with Crippen LogP contribution < -0.4 is 0 Å². The standard InChI is InChI=1S/C33H20S4/c1-19-6-8-20(9-7-19)21-10-12-22(13-11-21)27-17-30-31(34-27)18-28(35-30)23-14-15-25-29(16-23)37-32-24-4-2-3-5-26(24)36-33(25)32/h2-18H,1H3. The number of benzene rings is 4. The van der Waals surface area contributed by atoms with E-state index < -0.39 is 0 Å². The van der Waals surface area contributed by atoms with Crippen LogP contribution in [0.25, 0.3) is 71.0 Å². The average molecular weight is 545 g/mol. The van der Waals surface area contributed by atoms with Crippen LogP contribution in [0.15, 0.2) is 103 Å². The van der Waals surface area contributed by atoms with Crippen LogP contribution in [0.4, 0.5) is 0 Å². The van der Waals surface area contributed by atoms with Crippen molar-refractivity contribution in [2.24, 2.45) is 0 Å². The minimum absolute atomic E-state index is 1.27. The Bertz CT molecular complexity index is 2050. The van der Waals surface area contributed by atoms with Gasteiger partial charge in [0, 0.05) is 39.3 Å². The molecular formula is C33H20S4. The molecular weight excluding hydrogens is 525 g/mol. The van der Waals surface area contributed by atoms with Gasteiger partial charge in [0.1, 0.15) is 0 Å². The summed E-state index contributed by atoms with van der Waals surface area (Å²) >= 11 is 7.65. The first-order valence-corrected chi connectivity index (χ1v) is 15.5. The van der Waals surface area contributed by atoms with E-state index in [0.29, 0.717) is 0 Å². The maximum atomic E-state index is 2.39. The highest BCUT2D eigenvalue weighted by molar-refractivity contribution is 7.36. The van der Waals surface area contributed by atoms with Gasteiger partial charge < -0.3 is 0 Å². The van der Waals surface area contributed by atoms with Gasteiger partial charge in [0.25, 0.3) is 0 Å². The van der Waals surface area contributed by atoms with Crippen molar-refractivity contribution in [3.8, 4) is 32.0 Å². The molecule has 0 atom stereocenters. The zero-order valence-electron chi connectivity index (χ0n) is 19.9. The molecule has 0 aliphatic rings. The van der Waals surface area contributed by atoms with Gasteiger partial charge in [-0.3, -0.25) is 0 Å². The van der Waals surface area contributed by atoms with Crippen molar-refractivity contribution >= 4 is 84.3 Å². The van der Waals surface area contributed by atoms with Gasteiger partial charge in [-0.25, -0.2) is 0 Å². The van der Waals surface area contributed by atoms with Crippen molar-refractivity contribution in [1.82, 2.24) is 0 Å². The van der Waals surface area contributed by atoms with Crippen LogP contribution >= 0.6 is 45.3 Å². The molecule has 0 N–H and O–H groups in total. The van der Waals surface area contributed by atoms with Crippen LogP contribution in [-0.2, 0) is 0 Å². The Hall–Kier alpha value is -3.28. The molecule has 0 amide bonds. The van der Waals surface area contributed by atoms with E-state index in [2.05, 4.69) is 110 Å². The molecule has 0 unspecified atom stereocenters. The summed E-state index contributed by atoms with van der Waals surface area (Å²) in [5, 5.41) is 2.78. The molecule has 0 spiro atoms. The summed E-state index contributed by atoms with van der Waals surface area (Å²) in [6, 6.07) is 38.3. The Morgan fingerprint density at radius 2 is 0.946 bits per heavy atom. The summed E-state index contributed by atoms with van der Waals surface area (Å²) in [4.78, 5) is 2.69. The van der Waals surface area contributed by atoms with Gasteiger partial charge in [0.2, 0.25) is 0 Å². The van der Waals surface area contributed by atoms with Crippen molar-refractivity contribution in [2.75, 3.05) is 0 Å². The highest BCUT2D eigenvalue weighted by Crippen LogP contribution is 2.47. The van der Waals surface area contributed by atoms with Gasteiger partial charge >= 0.3 is 0 Å². The van der Waals surface area contributed by atoms with E-state index in [-0.39, 0.29) is 0 Å². The lowest BCUT2D eigenvalue weighted by Gasteiger charge is -2.04. The average Bonchev–Trinajstić information content (AvgIpc) is 3.68.